The summed E-state index contributed by atoms with van der Waals surface area (Å²) in [5, 5.41) is 3.51. The third-order valence-corrected chi connectivity index (χ3v) is 6.01. The van der Waals surface area contributed by atoms with Gasteiger partial charge in [-0.2, -0.15) is 13.2 Å². The second-order valence-electron chi connectivity index (χ2n) is 8.47. The number of halogens is 3. The first-order valence-corrected chi connectivity index (χ1v) is 11.2. The normalized spacial score (nSPS) is 18.0. The number of carbonyl (C=O) groups is 2. The van der Waals surface area contributed by atoms with Crippen LogP contribution in [0.5, 0.6) is 0 Å². The van der Waals surface area contributed by atoms with Crippen molar-refractivity contribution >= 4 is 22.6 Å². The highest BCUT2D eigenvalue weighted by molar-refractivity contribution is 5.90. The fourth-order valence-corrected chi connectivity index (χ4v) is 4.27. The molecule has 1 unspecified atom stereocenters. The van der Waals surface area contributed by atoms with E-state index in [0.29, 0.717) is 30.3 Å². The van der Waals surface area contributed by atoms with Gasteiger partial charge in [0.1, 0.15) is 6.61 Å². The summed E-state index contributed by atoms with van der Waals surface area (Å²) in [4.78, 5) is 39.6. The molecule has 0 radical (unpaired) electrons. The Morgan fingerprint density at radius 2 is 1.89 bits per heavy atom. The van der Waals surface area contributed by atoms with E-state index in [9.17, 15) is 27.6 Å². The number of ether oxygens (including phenoxy) is 1. The van der Waals surface area contributed by atoms with Gasteiger partial charge in [-0.1, -0.05) is 30.3 Å². The molecule has 1 fully saturated rings. The first-order chi connectivity index (χ1) is 16.7. The number of pyridine rings is 1. The van der Waals surface area contributed by atoms with E-state index in [1.54, 1.807) is 18.2 Å². The van der Waals surface area contributed by atoms with E-state index in [2.05, 4.69) is 10.3 Å². The van der Waals surface area contributed by atoms with E-state index in [4.69, 9.17) is 10.5 Å². The minimum Gasteiger partial charge on any atom is -0.463 e. The molecule has 184 valence electrons. The van der Waals surface area contributed by atoms with Gasteiger partial charge in [-0.25, -0.2) is 0 Å². The number of hydrogen-bond acceptors (Lipinski definition) is 5. The molecule has 0 aliphatic carbocycles. The Hall–Kier alpha value is -3.66. The van der Waals surface area contributed by atoms with E-state index < -0.39 is 23.2 Å². The number of nitrogens with one attached hydrogen (secondary N) is 2. The Morgan fingerprint density at radius 3 is 2.63 bits per heavy atom. The van der Waals surface area contributed by atoms with Gasteiger partial charge in [-0.15, -0.1) is 0 Å². The summed E-state index contributed by atoms with van der Waals surface area (Å²) >= 11 is 0. The molecule has 0 bridgehead atoms. The van der Waals surface area contributed by atoms with Crippen molar-refractivity contribution in [1.82, 2.24) is 10.3 Å². The van der Waals surface area contributed by atoms with Gasteiger partial charge in [0.25, 0.3) is 5.56 Å². The van der Waals surface area contributed by atoms with E-state index in [0.717, 1.165) is 6.07 Å². The second kappa shape index (κ2) is 9.91. The molecule has 3 aromatic rings. The van der Waals surface area contributed by atoms with Gasteiger partial charge in [-0.05, 0) is 48.5 Å². The van der Waals surface area contributed by atoms with Crippen LogP contribution in [0.25, 0.3) is 22.0 Å². The smallest absolute Gasteiger partial charge is 0.417 e. The lowest BCUT2D eigenvalue weighted by Gasteiger charge is -2.14. The van der Waals surface area contributed by atoms with Crippen LogP contribution in [0.15, 0.2) is 53.3 Å². The van der Waals surface area contributed by atoms with Crippen LogP contribution >= 0.6 is 0 Å². The number of aromatic amines is 1. The average Bonchev–Trinajstić information content (AvgIpc) is 3.21. The molecule has 1 amide bonds. The van der Waals surface area contributed by atoms with Crippen LogP contribution in [0.4, 0.5) is 13.2 Å². The third-order valence-electron chi connectivity index (χ3n) is 6.01. The molecule has 0 saturated carbocycles. The zero-order valence-corrected chi connectivity index (χ0v) is 18.7. The Balaban J connectivity index is 1.57. The summed E-state index contributed by atoms with van der Waals surface area (Å²) in [6.45, 7) is 0.427. The topological polar surface area (TPSA) is 114 Å². The average molecular weight is 487 g/mol. The number of rotatable bonds is 7. The molecule has 4 rings (SSSR count). The number of esters is 1. The van der Waals surface area contributed by atoms with Crippen molar-refractivity contribution in [1.29, 1.82) is 0 Å². The predicted molar refractivity (Wildman–Crippen MR) is 124 cm³/mol. The quantitative estimate of drug-likeness (QED) is 0.442. The predicted octanol–water partition coefficient (Wildman–Crippen LogP) is 3.47. The highest BCUT2D eigenvalue weighted by Gasteiger charge is 2.35. The van der Waals surface area contributed by atoms with Gasteiger partial charge in [-0.3, -0.25) is 14.4 Å². The van der Waals surface area contributed by atoms with Gasteiger partial charge >= 0.3 is 12.1 Å². The number of fused-ring (bicyclic) bond motifs is 1. The lowest BCUT2D eigenvalue weighted by Crippen LogP contribution is -2.31. The van der Waals surface area contributed by atoms with E-state index in [-0.39, 0.29) is 47.6 Å². The van der Waals surface area contributed by atoms with Crippen molar-refractivity contribution < 1.29 is 27.5 Å². The fourth-order valence-electron chi connectivity index (χ4n) is 4.27. The summed E-state index contributed by atoms with van der Waals surface area (Å²) in [6, 6.07) is 11.0. The monoisotopic (exact) mass is 487 g/mol. The van der Waals surface area contributed by atoms with Crippen molar-refractivity contribution in [2.24, 2.45) is 5.73 Å². The summed E-state index contributed by atoms with van der Waals surface area (Å²) in [6.07, 6.45) is -3.46. The van der Waals surface area contributed by atoms with Gasteiger partial charge in [0.05, 0.1) is 17.5 Å². The zero-order valence-electron chi connectivity index (χ0n) is 18.7. The Bertz CT molecular complexity index is 1320. The maximum atomic E-state index is 13.4. The Kier molecular flexibility index (Phi) is 6.93. The highest BCUT2D eigenvalue weighted by atomic mass is 19.4. The molecule has 1 aromatic heterocycles. The number of benzene rings is 2. The van der Waals surface area contributed by atoms with Crippen molar-refractivity contribution in [3.05, 3.63) is 70.0 Å². The van der Waals surface area contributed by atoms with Crippen molar-refractivity contribution in [3.8, 4) is 11.3 Å². The maximum absolute atomic E-state index is 13.4. The van der Waals surface area contributed by atoms with Crippen LogP contribution in [-0.2, 0) is 20.5 Å². The molecule has 10 heteroatoms. The highest BCUT2D eigenvalue weighted by Crippen LogP contribution is 2.37. The molecule has 1 aliphatic rings. The lowest BCUT2D eigenvalue weighted by atomic mass is 9.93. The van der Waals surface area contributed by atoms with Crippen molar-refractivity contribution in [2.75, 3.05) is 13.2 Å². The second-order valence-corrected chi connectivity index (χ2v) is 8.47. The minimum absolute atomic E-state index is 0.0434. The minimum atomic E-state index is -4.57. The lowest BCUT2D eigenvalue weighted by molar-refractivity contribution is -0.144. The summed E-state index contributed by atoms with van der Waals surface area (Å²) < 4.78 is 45.5. The van der Waals surface area contributed by atoms with Gasteiger partial charge in [0.2, 0.25) is 5.91 Å². The number of nitrogens with two attached hydrogens (primary N) is 1. The largest absolute Gasteiger partial charge is 0.463 e. The van der Waals surface area contributed by atoms with Crippen LogP contribution < -0.4 is 16.6 Å². The van der Waals surface area contributed by atoms with Crippen LogP contribution in [0.3, 0.4) is 0 Å². The molecule has 1 saturated heterocycles. The fraction of sp³-hybridized carbons (Fsp3) is 0.320. The van der Waals surface area contributed by atoms with E-state index >= 15 is 0 Å². The maximum Gasteiger partial charge on any atom is 0.417 e. The number of alkyl halides is 3. The SMILES string of the molecule is NCCCC(=O)OCC1C[C@H](c2ccc3cc(-c4ccccc4C(F)(F)F)[nH]c(=O)c3c2)C(=O)N1. The van der Waals surface area contributed by atoms with E-state index in [1.807, 2.05) is 0 Å². The molecule has 2 aromatic carbocycles. The number of hydrogen-bond donors (Lipinski definition) is 3. The van der Waals surface area contributed by atoms with Crippen LogP contribution in [0, 0.1) is 0 Å². The Morgan fingerprint density at radius 1 is 1.11 bits per heavy atom. The zero-order chi connectivity index (χ0) is 25.2. The number of carbonyl (C=O) groups excluding carboxylic acids is 2. The molecule has 2 atom stereocenters. The van der Waals surface area contributed by atoms with Crippen LogP contribution in [0.2, 0.25) is 0 Å². The molecule has 4 N–H and O–H groups in total. The number of H-pyrrole nitrogens is 1. The van der Waals surface area contributed by atoms with Gasteiger partial charge < -0.3 is 20.8 Å². The third kappa shape index (κ3) is 5.37. The van der Waals surface area contributed by atoms with Gasteiger partial charge in [0.15, 0.2) is 0 Å². The summed E-state index contributed by atoms with van der Waals surface area (Å²) in [5.74, 6) is -1.18. The Labute approximate surface area is 198 Å². The first-order valence-electron chi connectivity index (χ1n) is 11.2. The van der Waals surface area contributed by atoms with Gasteiger partial charge in [0, 0.05) is 23.1 Å². The molecule has 7 nitrogen and oxygen atoms in total. The van der Waals surface area contributed by atoms with Crippen LogP contribution in [0.1, 0.15) is 36.3 Å². The standard InChI is InChI=1S/C25H24F3N3O4/c26-25(27,28)20-5-2-1-4-17(20)21-11-15-8-7-14(10-18(15)24(34)31-21)19-12-16(30-23(19)33)13-35-22(32)6-3-9-29/h1-2,4-5,7-8,10-11,16,19H,3,6,9,12-13,29H2,(H,30,33)(H,31,34)/t16?,19-/m1/s1. The summed E-state index contributed by atoms with van der Waals surface area (Å²) in [7, 11) is 0. The molecule has 0 spiro atoms. The van der Waals surface area contributed by atoms with Crippen LogP contribution in [-0.4, -0.2) is 36.1 Å². The van der Waals surface area contributed by atoms with Crippen molar-refractivity contribution in [3.63, 3.8) is 0 Å². The van der Waals surface area contributed by atoms with Crippen molar-refractivity contribution in [2.45, 2.75) is 37.4 Å². The molecule has 2 heterocycles. The first kappa shape index (κ1) is 24.5. The molecule has 1 aliphatic heterocycles. The molecular formula is C25H24F3N3O4. The molecular weight excluding hydrogens is 463 g/mol. The molecule has 35 heavy (non-hydrogen) atoms. The summed E-state index contributed by atoms with van der Waals surface area (Å²) in [5.41, 5.74) is 4.50. The number of amides is 1. The number of aromatic nitrogens is 1. The van der Waals surface area contributed by atoms with E-state index in [1.165, 1.54) is 24.3 Å².